The molecule has 2 aromatic carbocycles. The van der Waals surface area contributed by atoms with Crippen molar-refractivity contribution in [2.75, 3.05) is 18.1 Å². The summed E-state index contributed by atoms with van der Waals surface area (Å²) < 4.78 is 0. The summed E-state index contributed by atoms with van der Waals surface area (Å²) in [6, 6.07) is 15.6. The number of thioether (sulfide) groups is 2. The van der Waals surface area contributed by atoms with Gasteiger partial charge in [-0.3, -0.25) is 9.59 Å². The quantitative estimate of drug-likeness (QED) is 0.231. The van der Waals surface area contributed by atoms with Gasteiger partial charge in [-0.2, -0.15) is 11.8 Å². The summed E-state index contributed by atoms with van der Waals surface area (Å²) in [6.45, 7) is 3.48. The van der Waals surface area contributed by atoms with Crippen molar-refractivity contribution in [3.05, 3.63) is 75.1 Å². The molecule has 2 unspecified atom stereocenters. The van der Waals surface area contributed by atoms with Crippen molar-refractivity contribution >= 4 is 53.0 Å². The zero-order valence-corrected chi connectivity index (χ0v) is 24.0. The van der Waals surface area contributed by atoms with E-state index < -0.39 is 0 Å². The molecule has 2 aromatic rings. The molecule has 1 saturated heterocycles. The average Bonchev–Trinajstić information content (AvgIpc) is 2.91. The van der Waals surface area contributed by atoms with Crippen LogP contribution in [-0.4, -0.2) is 46.1 Å². The lowest BCUT2D eigenvalue weighted by atomic mass is 9.92. The third-order valence-electron chi connectivity index (χ3n) is 6.92. The van der Waals surface area contributed by atoms with Gasteiger partial charge >= 0.3 is 0 Å². The Morgan fingerprint density at radius 3 is 2.70 bits per heavy atom. The first-order valence-electron chi connectivity index (χ1n) is 13.4. The number of benzene rings is 2. The predicted octanol–water partition coefficient (Wildman–Crippen LogP) is 7.42. The van der Waals surface area contributed by atoms with Crippen LogP contribution in [0.2, 0.25) is 5.02 Å². The lowest BCUT2D eigenvalue weighted by Gasteiger charge is -2.44. The molecule has 2 fully saturated rings. The van der Waals surface area contributed by atoms with Gasteiger partial charge in [-0.05, 0) is 78.7 Å². The molecule has 2 amide bonds. The Hall–Kier alpha value is -1.89. The number of fused-ring (bicyclic) bond motifs is 1. The highest BCUT2D eigenvalue weighted by Crippen LogP contribution is 2.42. The van der Waals surface area contributed by atoms with Gasteiger partial charge in [0, 0.05) is 35.0 Å². The van der Waals surface area contributed by atoms with E-state index in [0.717, 1.165) is 41.0 Å². The SMILES string of the molecule is CCCCSCCCNC(=O)c1ccc(/C=C2/SC3CCCCC3N(Cc3cccc(Cl)c3)C2=O)cc1. The maximum atomic E-state index is 13.6. The molecular weight excluding hydrogens is 520 g/mol. The van der Waals surface area contributed by atoms with E-state index in [2.05, 4.69) is 17.1 Å². The average molecular weight is 557 g/mol. The number of nitrogens with zero attached hydrogens (tertiary/aromatic N) is 1. The van der Waals surface area contributed by atoms with Gasteiger partial charge in [-0.25, -0.2) is 0 Å². The molecule has 198 valence electrons. The first-order chi connectivity index (χ1) is 18.0. The van der Waals surface area contributed by atoms with Crippen molar-refractivity contribution in [3.63, 3.8) is 0 Å². The van der Waals surface area contributed by atoms with Gasteiger partial charge in [0.1, 0.15) is 0 Å². The highest BCUT2D eigenvalue weighted by molar-refractivity contribution is 8.04. The lowest BCUT2D eigenvalue weighted by molar-refractivity contribution is -0.130. The Kier molecular flexibility index (Phi) is 10.9. The first-order valence-corrected chi connectivity index (χ1v) is 15.9. The highest BCUT2D eigenvalue weighted by Gasteiger charge is 2.40. The lowest BCUT2D eigenvalue weighted by Crippen LogP contribution is -2.50. The van der Waals surface area contributed by atoms with Gasteiger partial charge in [0.15, 0.2) is 0 Å². The van der Waals surface area contributed by atoms with Crippen LogP contribution < -0.4 is 5.32 Å². The molecule has 1 aliphatic carbocycles. The van der Waals surface area contributed by atoms with Gasteiger partial charge in [0.05, 0.1) is 4.91 Å². The summed E-state index contributed by atoms with van der Waals surface area (Å²) in [5.74, 6) is 2.32. The Bertz CT molecular complexity index is 1090. The maximum Gasteiger partial charge on any atom is 0.260 e. The van der Waals surface area contributed by atoms with Gasteiger partial charge in [-0.15, -0.1) is 11.8 Å². The van der Waals surface area contributed by atoms with E-state index >= 15 is 0 Å². The van der Waals surface area contributed by atoms with E-state index in [-0.39, 0.29) is 17.9 Å². The normalized spacial score (nSPS) is 20.6. The van der Waals surface area contributed by atoms with Crippen molar-refractivity contribution in [2.45, 2.75) is 69.7 Å². The molecule has 2 aliphatic rings. The number of hydrogen-bond donors (Lipinski definition) is 1. The minimum absolute atomic E-state index is 0.0429. The molecule has 1 N–H and O–H groups in total. The van der Waals surface area contributed by atoms with Crippen molar-refractivity contribution in [2.24, 2.45) is 0 Å². The molecule has 7 heteroatoms. The van der Waals surface area contributed by atoms with Crippen LogP contribution in [0.15, 0.2) is 53.4 Å². The molecule has 1 heterocycles. The molecule has 1 aliphatic heterocycles. The van der Waals surface area contributed by atoms with E-state index in [1.165, 1.54) is 31.4 Å². The van der Waals surface area contributed by atoms with E-state index in [4.69, 9.17) is 11.6 Å². The van der Waals surface area contributed by atoms with Crippen LogP contribution in [0.4, 0.5) is 0 Å². The van der Waals surface area contributed by atoms with Crippen molar-refractivity contribution in [1.29, 1.82) is 0 Å². The highest BCUT2D eigenvalue weighted by atomic mass is 35.5. The molecule has 4 nitrogen and oxygen atoms in total. The maximum absolute atomic E-state index is 13.6. The minimum Gasteiger partial charge on any atom is -0.352 e. The van der Waals surface area contributed by atoms with Crippen LogP contribution in [-0.2, 0) is 11.3 Å². The van der Waals surface area contributed by atoms with Gasteiger partial charge in [-0.1, -0.05) is 62.1 Å². The molecule has 0 spiro atoms. The topological polar surface area (TPSA) is 49.4 Å². The van der Waals surface area contributed by atoms with Crippen molar-refractivity contribution in [1.82, 2.24) is 10.2 Å². The van der Waals surface area contributed by atoms with E-state index in [9.17, 15) is 9.59 Å². The summed E-state index contributed by atoms with van der Waals surface area (Å²) in [5, 5.41) is 4.13. The largest absolute Gasteiger partial charge is 0.352 e. The number of hydrogen-bond acceptors (Lipinski definition) is 4. The molecule has 0 bridgehead atoms. The molecule has 4 rings (SSSR count). The second-order valence-electron chi connectivity index (χ2n) is 9.78. The number of rotatable bonds is 11. The molecule has 0 aromatic heterocycles. The zero-order chi connectivity index (χ0) is 26.0. The van der Waals surface area contributed by atoms with Gasteiger partial charge in [0.2, 0.25) is 0 Å². The van der Waals surface area contributed by atoms with E-state index in [1.54, 1.807) is 11.8 Å². The Labute approximate surface area is 235 Å². The number of carbonyl (C=O) groups is 2. The number of halogens is 1. The second-order valence-corrected chi connectivity index (χ2v) is 12.7. The summed E-state index contributed by atoms with van der Waals surface area (Å²) >= 11 is 9.90. The predicted molar refractivity (Wildman–Crippen MR) is 159 cm³/mol. The molecule has 2 atom stereocenters. The molecule has 37 heavy (non-hydrogen) atoms. The third-order valence-corrected chi connectivity index (χ3v) is 9.71. The Morgan fingerprint density at radius 2 is 1.92 bits per heavy atom. The number of carbonyl (C=O) groups excluding carboxylic acids is 2. The van der Waals surface area contributed by atoms with Crippen LogP contribution in [0, 0.1) is 0 Å². The van der Waals surface area contributed by atoms with Gasteiger partial charge in [0.25, 0.3) is 11.8 Å². The third kappa shape index (κ3) is 8.05. The van der Waals surface area contributed by atoms with Crippen LogP contribution in [0.5, 0.6) is 0 Å². The summed E-state index contributed by atoms with van der Waals surface area (Å²) in [4.78, 5) is 29.0. The van der Waals surface area contributed by atoms with E-state index in [1.807, 2.05) is 66.4 Å². The number of amides is 2. The smallest absolute Gasteiger partial charge is 0.260 e. The number of unbranched alkanes of at least 4 members (excludes halogenated alkanes) is 1. The fraction of sp³-hybridized carbons (Fsp3) is 0.467. The summed E-state index contributed by atoms with van der Waals surface area (Å²) in [6.07, 6.45) is 10.0. The van der Waals surface area contributed by atoms with E-state index in [0.29, 0.717) is 28.9 Å². The Balaban J connectivity index is 1.39. The standard InChI is InChI=1S/C30H37ClN2O2S2/c1-2-3-17-36-18-7-16-32-29(34)24-14-12-22(13-15-24)20-28-30(35)33(21-23-8-6-9-25(31)19-23)26-10-4-5-11-27(26)37-28/h6,8-9,12-15,19-20,26-27H,2-5,7,10-11,16-18,21H2,1H3,(H,32,34)/b28-20+. The molecular formula is C30H37ClN2O2S2. The second kappa shape index (κ2) is 14.3. The molecule has 0 radical (unpaired) electrons. The minimum atomic E-state index is -0.0429. The first kappa shape index (κ1) is 28.1. The zero-order valence-electron chi connectivity index (χ0n) is 21.6. The van der Waals surface area contributed by atoms with Crippen LogP contribution in [0.3, 0.4) is 0 Å². The van der Waals surface area contributed by atoms with Crippen molar-refractivity contribution < 1.29 is 9.59 Å². The summed E-state index contributed by atoms with van der Waals surface area (Å²) in [7, 11) is 0. The fourth-order valence-electron chi connectivity index (χ4n) is 4.90. The summed E-state index contributed by atoms with van der Waals surface area (Å²) in [5.41, 5.74) is 2.65. The molecule has 1 saturated carbocycles. The van der Waals surface area contributed by atoms with Crippen LogP contribution in [0.1, 0.15) is 73.4 Å². The van der Waals surface area contributed by atoms with Crippen molar-refractivity contribution in [3.8, 4) is 0 Å². The van der Waals surface area contributed by atoms with Gasteiger partial charge < -0.3 is 10.2 Å². The van der Waals surface area contributed by atoms with Crippen LogP contribution in [0.25, 0.3) is 6.08 Å². The fourth-order valence-corrected chi connectivity index (χ4v) is 7.63. The number of nitrogens with one attached hydrogen (secondary N) is 1. The Morgan fingerprint density at radius 1 is 1.14 bits per heavy atom. The monoisotopic (exact) mass is 556 g/mol. The van der Waals surface area contributed by atoms with Crippen LogP contribution >= 0.6 is 35.1 Å².